The van der Waals surface area contributed by atoms with Crippen LogP contribution in [0.4, 0.5) is 13.2 Å². The van der Waals surface area contributed by atoms with E-state index in [9.17, 15) is 18.0 Å². The first-order valence-electron chi connectivity index (χ1n) is 7.15. The van der Waals surface area contributed by atoms with Crippen LogP contribution in [0.1, 0.15) is 33.3 Å². The molecular formula is C16H14F3N3O2. The Balaban J connectivity index is 1.99. The van der Waals surface area contributed by atoms with Gasteiger partial charge < -0.3 is 9.73 Å². The largest absolute Gasteiger partial charge is 0.465 e. The molecule has 0 bridgehead atoms. The highest BCUT2D eigenvalue weighted by Crippen LogP contribution is 2.32. The highest BCUT2D eigenvalue weighted by atomic mass is 19.4. The number of fused-ring (bicyclic) bond motifs is 1. The van der Waals surface area contributed by atoms with E-state index in [2.05, 4.69) is 10.3 Å². The predicted molar refractivity (Wildman–Crippen MR) is 79.5 cm³/mol. The fourth-order valence-electron chi connectivity index (χ4n) is 2.40. The minimum absolute atomic E-state index is 0.0109. The molecule has 0 saturated carbocycles. The Morgan fingerprint density at radius 3 is 2.62 bits per heavy atom. The van der Waals surface area contributed by atoms with Crippen molar-refractivity contribution in [3.63, 3.8) is 0 Å². The van der Waals surface area contributed by atoms with E-state index in [1.54, 1.807) is 32.0 Å². The number of pyridine rings is 1. The molecule has 0 fully saturated rings. The van der Waals surface area contributed by atoms with Crippen LogP contribution in [0.25, 0.3) is 5.65 Å². The van der Waals surface area contributed by atoms with Crippen molar-refractivity contribution < 1.29 is 22.4 Å². The Morgan fingerprint density at radius 1 is 1.25 bits per heavy atom. The average Bonchev–Trinajstić information content (AvgIpc) is 3.07. The zero-order valence-electron chi connectivity index (χ0n) is 12.9. The summed E-state index contributed by atoms with van der Waals surface area (Å²) in [5, 5.41) is 2.45. The molecule has 0 aliphatic rings. The molecule has 0 aliphatic carbocycles. The van der Waals surface area contributed by atoms with Crippen molar-refractivity contribution in [1.82, 2.24) is 14.7 Å². The Hall–Kier alpha value is -2.77. The fourth-order valence-corrected chi connectivity index (χ4v) is 2.40. The third-order valence-electron chi connectivity index (χ3n) is 3.47. The van der Waals surface area contributed by atoms with Gasteiger partial charge in [0.2, 0.25) is 0 Å². The maximum atomic E-state index is 13.2. The first kappa shape index (κ1) is 16.1. The smallest absolute Gasteiger partial charge is 0.435 e. The first-order chi connectivity index (χ1) is 11.3. The third-order valence-corrected chi connectivity index (χ3v) is 3.47. The van der Waals surface area contributed by atoms with Crippen LogP contribution >= 0.6 is 0 Å². The van der Waals surface area contributed by atoms with Gasteiger partial charge in [0, 0.05) is 6.20 Å². The van der Waals surface area contributed by atoms with Gasteiger partial charge in [-0.2, -0.15) is 13.2 Å². The number of hydrogen-bond donors (Lipinski definition) is 1. The number of alkyl halides is 3. The maximum Gasteiger partial charge on any atom is 0.435 e. The summed E-state index contributed by atoms with van der Waals surface area (Å²) in [5.74, 6) is 0.245. The zero-order chi connectivity index (χ0) is 17.5. The first-order valence-corrected chi connectivity index (χ1v) is 7.15. The van der Waals surface area contributed by atoms with Crippen LogP contribution in [0, 0.1) is 13.8 Å². The van der Waals surface area contributed by atoms with E-state index in [0.717, 1.165) is 4.40 Å². The number of imidazole rings is 1. The summed E-state index contributed by atoms with van der Waals surface area (Å²) >= 11 is 0. The van der Waals surface area contributed by atoms with E-state index in [1.807, 2.05) is 0 Å². The number of aromatic nitrogens is 2. The topological polar surface area (TPSA) is 59.5 Å². The molecule has 3 rings (SSSR count). The number of rotatable bonds is 3. The maximum absolute atomic E-state index is 13.2. The van der Waals surface area contributed by atoms with Crippen molar-refractivity contribution >= 4 is 11.6 Å². The molecule has 126 valence electrons. The highest BCUT2D eigenvalue weighted by molar-refractivity contribution is 5.94. The normalized spacial score (nSPS) is 11.9. The van der Waals surface area contributed by atoms with Crippen molar-refractivity contribution in [2.45, 2.75) is 26.6 Å². The quantitative estimate of drug-likeness (QED) is 0.796. The molecule has 3 aromatic rings. The van der Waals surface area contributed by atoms with Crippen molar-refractivity contribution in [2.24, 2.45) is 0 Å². The summed E-state index contributed by atoms with van der Waals surface area (Å²) in [4.78, 5) is 15.9. The number of nitrogens with one attached hydrogen (secondary N) is 1. The molecule has 0 atom stereocenters. The molecule has 0 unspecified atom stereocenters. The second-order valence-corrected chi connectivity index (χ2v) is 5.44. The van der Waals surface area contributed by atoms with Crippen LogP contribution in [0.3, 0.4) is 0 Å². The molecule has 1 amide bonds. The molecular weight excluding hydrogens is 323 g/mol. The molecule has 3 heterocycles. The summed E-state index contributed by atoms with van der Waals surface area (Å²) in [6.45, 7) is 3.45. The summed E-state index contributed by atoms with van der Waals surface area (Å²) in [6.07, 6.45) is -3.28. The van der Waals surface area contributed by atoms with E-state index < -0.39 is 23.5 Å². The third kappa shape index (κ3) is 2.99. The zero-order valence-corrected chi connectivity index (χ0v) is 12.9. The van der Waals surface area contributed by atoms with E-state index >= 15 is 0 Å². The fraction of sp³-hybridized carbons (Fsp3) is 0.250. The number of halogens is 3. The Bertz CT molecular complexity index is 909. The van der Waals surface area contributed by atoms with E-state index in [4.69, 9.17) is 4.42 Å². The van der Waals surface area contributed by atoms with Gasteiger partial charge in [0.05, 0.1) is 6.54 Å². The number of carbonyl (C=O) groups excluding carboxylic acids is 1. The number of amides is 1. The molecule has 24 heavy (non-hydrogen) atoms. The number of hydrogen-bond acceptors (Lipinski definition) is 3. The molecule has 1 N–H and O–H groups in total. The second kappa shape index (κ2) is 5.70. The summed E-state index contributed by atoms with van der Waals surface area (Å²) < 4.78 is 46.2. The minimum Gasteiger partial charge on any atom is -0.465 e. The van der Waals surface area contributed by atoms with Gasteiger partial charge in [-0.25, -0.2) is 4.98 Å². The summed E-state index contributed by atoms with van der Waals surface area (Å²) in [5.41, 5.74) is -0.970. The van der Waals surface area contributed by atoms with Gasteiger partial charge in [-0.15, -0.1) is 0 Å². The van der Waals surface area contributed by atoms with Crippen molar-refractivity contribution in [3.8, 4) is 0 Å². The molecule has 3 aromatic heterocycles. The van der Waals surface area contributed by atoms with Gasteiger partial charge in [0.1, 0.15) is 22.9 Å². The molecule has 0 saturated heterocycles. The molecule has 0 aliphatic heterocycles. The lowest BCUT2D eigenvalue weighted by Gasteiger charge is -2.08. The van der Waals surface area contributed by atoms with Gasteiger partial charge in [0.15, 0.2) is 5.69 Å². The molecule has 0 spiro atoms. The number of nitrogens with zero attached hydrogens (tertiary/aromatic N) is 2. The minimum atomic E-state index is -4.73. The van der Waals surface area contributed by atoms with Gasteiger partial charge >= 0.3 is 6.18 Å². The summed E-state index contributed by atoms with van der Waals surface area (Å²) in [6, 6.07) is 6.44. The van der Waals surface area contributed by atoms with Crippen molar-refractivity contribution in [1.29, 1.82) is 0 Å². The van der Waals surface area contributed by atoms with Crippen LogP contribution < -0.4 is 5.32 Å². The number of carbonyl (C=O) groups is 1. The van der Waals surface area contributed by atoms with Crippen LogP contribution in [-0.4, -0.2) is 15.3 Å². The van der Waals surface area contributed by atoms with E-state index in [0.29, 0.717) is 17.1 Å². The number of aryl methyl sites for hydroxylation is 2. The molecule has 0 aromatic carbocycles. The van der Waals surface area contributed by atoms with Gasteiger partial charge in [0.25, 0.3) is 5.91 Å². The Morgan fingerprint density at radius 2 is 2.00 bits per heavy atom. The summed E-state index contributed by atoms with van der Waals surface area (Å²) in [7, 11) is 0. The van der Waals surface area contributed by atoms with Crippen LogP contribution in [-0.2, 0) is 12.7 Å². The van der Waals surface area contributed by atoms with Crippen LogP contribution in [0.15, 0.2) is 34.9 Å². The Kier molecular flexibility index (Phi) is 3.82. The van der Waals surface area contributed by atoms with Gasteiger partial charge in [-0.05, 0) is 37.6 Å². The second-order valence-electron chi connectivity index (χ2n) is 5.44. The average molecular weight is 337 g/mol. The molecule has 0 radical (unpaired) electrons. The standard InChI is InChI=1S/C16H14F3N3O2/c1-9-3-6-12-21-14(16(17,18)19)13(22(12)8-9)15(23)20-7-11-5-4-10(2)24-11/h3-6,8H,7H2,1-2H3,(H,20,23). The van der Waals surface area contributed by atoms with Gasteiger partial charge in [-0.1, -0.05) is 6.07 Å². The lowest BCUT2D eigenvalue weighted by molar-refractivity contribution is -0.141. The van der Waals surface area contributed by atoms with Gasteiger partial charge in [-0.3, -0.25) is 9.20 Å². The lowest BCUT2D eigenvalue weighted by Crippen LogP contribution is -2.27. The van der Waals surface area contributed by atoms with E-state index in [1.165, 1.54) is 12.3 Å². The van der Waals surface area contributed by atoms with E-state index in [-0.39, 0.29) is 12.2 Å². The lowest BCUT2D eigenvalue weighted by atomic mass is 10.2. The molecule has 8 heteroatoms. The van der Waals surface area contributed by atoms with Crippen LogP contribution in [0.5, 0.6) is 0 Å². The van der Waals surface area contributed by atoms with Crippen molar-refractivity contribution in [2.75, 3.05) is 0 Å². The van der Waals surface area contributed by atoms with Crippen LogP contribution in [0.2, 0.25) is 0 Å². The molecule has 5 nitrogen and oxygen atoms in total. The monoisotopic (exact) mass is 337 g/mol. The number of furan rings is 1. The highest BCUT2D eigenvalue weighted by Gasteiger charge is 2.40. The SMILES string of the molecule is Cc1ccc2nc(C(F)(F)F)c(C(=O)NCc3ccc(C)o3)n2c1. The van der Waals surface area contributed by atoms with Crippen molar-refractivity contribution in [3.05, 3.63) is 58.9 Å². The predicted octanol–water partition coefficient (Wildman–Crippen LogP) is 3.49. The Labute approximate surface area is 135 Å².